The molecule has 26 heavy (non-hydrogen) atoms. The number of carbonyl (C=O) groups is 1. The highest BCUT2D eigenvalue weighted by Crippen LogP contribution is 2.20. The molecule has 3 nitrogen and oxygen atoms in total. The van der Waals surface area contributed by atoms with Gasteiger partial charge in [0.25, 0.3) is 5.91 Å². The zero-order chi connectivity index (χ0) is 18.4. The van der Waals surface area contributed by atoms with Crippen molar-refractivity contribution < 1.29 is 4.79 Å². The third-order valence-electron chi connectivity index (χ3n) is 4.09. The summed E-state index contributed by atoms with van der Waals surface area (Å²) in [5.74, 6) is -0.408. The van der Waals surface area contributed by atoms with Crippen LogP contribution in [-0.4, -0.2) is 5.91 Å². The number of carbonyl (C=O) groups excluding carboxylic acids is 1. The molecule has 0 saturated heterocycles. The number of benzene rings is 3. The van der Waals surface area contributed by atoms with Gasteiger partial charge in [0.1, 0.15) is 11.6 Å². The Bertz CT molecular complexity index is 981. The summed E-state index contributed by atoms with van der Waals surface area (Å²) in [7, 11) is 0. The van der Waals surface area contributed by atoms with E-state index in [4.69, 9.17) is 0 Å². The Balaban J connectivity index is 1.79. The maximum absolute atomic E-state index is 12.4. The second kappa shape index (κ2) is 7.96. The molecule has 0 bridgehead atoms. The van der Waals surface area contributed by atoms with Crippen LogP contribution in [0.3, 0.4) is 0 Å². The Labute approximate surface area is 153 Å². The first-order chi connectivity index (χ1) is 12.7. The van der Waals surface area contributed by atoms with Crippen LogP contribution in [-0.2, 0) is 4.79 Å². The van der Waals surface area contributed by atoms with Gasteiger partial charge in [-0.05, 0) is 41.3 Å². The number of hydrogen-bond acceptors (Lipinski definition) is 2. The van der Waals surface area contributed by atoms with Gasteiger partial charge >= 0.3 is 0 Å². The SMILES string of the molecule is Cc1ccccc1NC(=O)/C(C#N)=C/c1ccc(-c2ccccc2)cc1. The average molecular weight is 338 g/mol. The van der Waals surface area contributed by atoms with Gasteiger partial charge in [0.2, 0.25) is 0 Å². The van der Waals surface area contributed by atoms with E-state index in [9.17, 15) is 10.1 Å². The summed E-state index contributed by atoms with van der Waals surface area (Å²) in [5.41, 5.74) is 4.75. The van der Waals surface area contributed by atoms with E-state index in [2.05, 4.69) is 5.32 Å². The van der Waals surface area contributed by atoms with E-state index < -0.39 is 5.91 Å². The second-order valence-electron chi connectivity index (χ2n) is 5.93. The van der Waals surface area contributed by atoms with E-state index in [0.29, 0.717) is 5.69 Å². The Morgan fingerprint density at radius 2 is 1.50 bits per heavy atom. The Morgan fingerprint density at radius 1 is 0.885 bits per heavy atom. The minimum absolute atomic E-state index is 0.0701. The van der Waals surface area contributed by atoms with Crippen LogP contribution in [0.4, 0.5) is 5.69 Å². The van der Waals surface area contributed by atoms with E-state index in [-0.39, 0.29) is 5.57 Å². The highest BCUT2D eigenvalue weighted by Gasteiger charge is 2.10. The summed E-state index contributed by atoms with van der Waals surface area (Å²) >= 11 is 0. The van der Waals surface area contributed by atoms with Crippen LogP contribution in [0.5, 0.6) is 0 Å². The fourth-order valence-electron chi connectivity index (χ4n) is 2.62. The molecule has 0 aliphatic rings. The summed E-state index contributed by atoms with van der Waals surface area (Å²) in [6.45, 7) is 1.91. The molecule has 0 aliphatic carbocycles. The summed E-state index contributed by atoms with van der Waals surface area (Å²) in [5, 5.41) is 12.1. The third kappa shape index (κ3) is 4.06. The van der Waals surface area contributed by atoms with Crippen LogP contribution >= 0.6 is 0 Å². The van der Waals surface area contributed by atoms with Crippen molar-refractivity contribution in [2.24, 2.45) is 0 Å². The van der Waals surface area contributed by atoms with Crippen molar-refractivity contribution in [3.63, 3.8) is 0 Å². The first-order valence-corrected chi connectivity index (χ1v) is 8.31. The van der Waals surface area contributed by atoms with Crippen molar-refractivity contribution in [3.8, 4) is 17.2 Å². The molecule has 3 rings (SSSR count). The van der Waals surface area contributed by atoms with Gasteiger partial charge in [-0.15, -0.1) is 0 Å². The zero-order valence-electron chi connectivity index (χ0n) is 14.4. The van der Waals surface area contributed by atoms with Crippen molar-refractivity contribution in [1.29, 1.82) is 5.26 Å². The number of nitrogens with zero attached hydrogens (tertiary/aromatic N) is 1. The summed E-state index contributed by atoms with van der Waals surface area (Å²) in [6.07, 6.45) is 1.60. The minimum atomic E-state index is -0.408. The van der Waals surface area contributed by atoms with Gasteiger partial charge in [-0.3, -0.25) is 4.79 Å². The predicted molar refractivity (Wildman–Crippen MR) is 105 cm³/mol. The number of aryl methyl sites for hydroxylation is 1. The normalized spacial score (nSPS) is 10.8. The number of amides is 1. The Morgan fingerprint density at radius 3 is 2.15 bits per heavy atom. The molecule has 3 aromatic carbocycles. The molecular formula is C23H18N2O. The largest absolute Gasteiger partial charge is 0.321 e. The number of anilines is 1. The monoisotopic (exact) mass is 338 g/mol. The fraction of sp³-hybridized carbons (Fsp3) is 0.0435. The molecule has 0 fully saturated rings. The molecule has 3 heteroatoms. The first-order valence-electron chi connectivity index (χ1n) is 8.31. The highest BCUT2D eigenvalue weighted by molar-refractivity contribution is 6.09. The van der Waals surface area contributed by atoms with Crippen LogP contribution in [0, 0.1) is 18.3 Å². The van der Waals surface area contributed by atoms with E-state index >= 15 is 0 Å². The standard InChI is InChI=1S/C23H18N2O/c1-17-7-5-6-10-22(17)25-23(26)21(16-24)15-18-11-13-20(14-12-18)19-8-3-2-4-9-19/h2-15H,1H3,(H,25,26)/b21-15+. The van der Waals surface area contributed by atoms with Crippen LogP contribution in [0.1, 0.15) is 11.1 Å². The molecule has 0 radical (unpaired) electrons. The van der Waals surface area contributed by atoms with Crippen molar-refractivity contribution in [1.82, 2.24) is 0 Å². The van der Waals surface area contributed by atoms with E-state index in [0.717, 1.165) is 22.3 Å². The maximum atomic E-state index is 12.4. The third-order valence-corrected chi connectivity index (χ3v) is 4.09. The minimum Gasteiger partial charge on any atom is -0.321 e. The van der Waals surface area contributed by atoms with E-state index in [1.807, 2.05) is 91.9 Å². The van der Waals surface area contributed by atoms with E-state index in [1.54, 1.807) is 6.08 Å². The lowest BCUT2D eigenvalue weighted by molar-refractivity contribution is -0.112. The predicted octanol–water partition coefficient (Wildman–Crippen LogP) is 5.21. The van der Waals surface area contributed by atoms with Crippen molar-refractivity contribution in [2.45, 2.75) is 6.92 Å². The van der Waals surface area contributed by atoms with Crippen LogP contribution in [0.15, 0.2) is 84.4 Å². The second-order valence-corrected chi connectivity index (χ2v) is 5.93. The zero-order valence-corrected chi connectivity index (χ0v) is 14.4. The highest BCUT2D eigenvalue weighted by atomic mass is 16.1. The quantitative estimate of drug-likeness (QED) is 0.524. The fourth-order valence-corrected chi connectivity index (χ4v) is 2.62. The lowest BCUT2D eigenvalue weighted by Gasteiger charge is -2.07. The molecule has 0 unspecified atom stereocenters. The van der Waals surface area contributed by atoms with Gasteiger partial charge < -0.3 is 5.32 Å². The van der Waals surface area contributed by atoms with Crippen LogP contribution in [0.25, 0.3) is 17.2 Å². The molecule has 0 spiro atoms. The Kier molecular flexibility index (Phi) is 5.26. The van der Waals surface area contributed by atoms with Gasteiger partial charge in [-0.25, -0.2) is 0 Å². The average Bonchev–Trinajstić information content (AvgIpc) is 2.69. The van der Waals surface area contributed by atoms with E-state index in [1.165, 1.54) is 0 Å². The van der Waals surface area contributed by atoms with Gasteiger partial charge in [0.05, 0.1) is 0 Å². The molecular weight excluding hydrogens is 320 g/mol. The molecule has 1 amide bonds. The molecule has 1 N–H and O–H groups in total. The van der Waals surface area contributed by atoms with Crippen LogP contribution < -0.4 is 5.32 Å². The number of nitriles is 1. The molecule has 0 heterocycles. The summed E-state index contributed by atoms with van der Waals surface area (Å²) in [6, 6.07) is 27.3. The van der Waals surface area contributed by atoms with Crippen molar-refractivity contribution in [2.75, 3.05) is 5.32 Å². The van der Waals surface area contributed by atoms with Gasteiger partial charge in [-0.1, -0.05) is 72.8 Å². The lowest BCUT2D eigenvalue weighted by atomic mass is 10.0. The molecule has 126 valence electrons. The van der Waals surface area contributed by atoms with Crippen molar-refractivity contribution >= 4 is 17.7 Å². The van der Waals surface area contributed by atoms with Gasteiger partial charge in [-0.2, -0.15) is 5.26 Å². The smallest absolute Gasteiger partial charge is 0.266 e. The number of nitrogens with one attached hydrogen (secondary N) is 1. The molecule has 0 atom stereocenters. The number of hydrogen-bond donors (Lipinski definition) is 1. The van der Waals surface area contributed by atoms with Gasteiger partial charge in [0.15, 0.2) is 0 Å². The summed E-state index contributed by atoms with van der Waals surface area (Å²) < 4.78 is 0. The Hall–Kier alpha value is -3.64. The van der Waals surface area contributed by atoms with Gasteiger partial charge in [0, 0.05) is 5.69 Å². The lowest BCUT2D eigenvalue weighted by Crippen LogP contribution is -2.14. The number of rotatable bonds is 4. The molecule has 0 aliphatic heterocycles. The maximum Gasteiger partial charge on any atom is 0.266 e. The van der Waals surface area contributed by atoms with Crippen molar-refractivity contribution in [3.05, 3.63) is 95.6 Å². The first kappa shape index (κ1) is 17.2. The topological polar surface area (TPSA) is 52.9 Å². The molecule has 0 saturated carbocycles. The van der Waals surface area contributed by atoms with Crippen LogP contribution in [0.2, 0.25) is 0 Å². The summed E-state index contributed by atoms with van der Waals surface area (Å²) in [4.78, 5) is 12.4. The number of para-hydroxylation sites is 1. The molecule has 0 aromatic heterocycles. The molecule has 3 aromatic rings.